The van der Waals surface area contributed by atoms with Crippen LogP contribution in [-0.2, 0) is 6.42 Å². The lowest BCUT2D eigenvalue weighted by Crippen LogP contribution is -2.40. The molecule has 0 saturated carbocycles. The summed E-state index contributed by atoms with van der Waals surface area (Å²) in [6.07, 6.45) is 1.32. The van der Waals surface area contributed by atoms with E-state index in [9.17, 15) is 18.4 Å². The average Bonchev–Trinajstić information content (AvgIpc) is 2.88. The lowest BCUT2D eigenvalue weighted by Gasteiger charge is -2.30. The summed E-state index contributed by atoms with van der Waals surface area (Å²) in [6, 6.07) is 16.5. The van der Waals surface area contributed by atoms with E-state index in [1.807, 2.05) is 38.1 Å². The van der Waals surface area contributed by atoms with Gasteiger partial charge in [-0.3, -0.25) is 9.36 Å². The molecule has 8 heteroatoms. The molecule has 0 saturated heterocycles. The van der Waals surface area contributed by atoms with Gasteiger partial charge >= 0.3 is 6.03 Å². The highest BCUT2D eigenvalue weighted by atomic mass is 19.1. The molecule has 6 nitrogen and oxygen atoms in total. The summed E-state index contributed by atoms with van der Waals surface area (Å²) >= 11 is 0. The van der Waals surface area contributed by atoms with Crippen molar-refractivity contribution in [2.24, 2.45) is 0 Å². The molecule has 4 rings (SSSR count). The van der Waals surface area contributed by atoms with Crippen LogP contribution in [0.5, 0.6) is 0 Å². The van der Waals surface area contributed by atoms with Crippen LogP contribution in [0.1, 0.15) is 44.6 Å². The van der Waals surface area contributed by atoms with Crippen molar-refractivity contribution in [1.82, 2.24) is 14.5 Å². The van der Waals surface area contributed by atoms with Gasteiger partial charge in [0.05, 0.1) is 28.3 Å². The molecule has 1 aromatic heterocycles. The van der Waals surface area contributed by atoms with E-state index in [1.165, 1.54) is 11.0 Å². The number of halogens is 2. The standard InChI is InChI=1S/C28H28F2N4O2/c1-4-16-33(28(36)32-24-15-14-20(29)17-22(24)30)18(3)26-31-23-12-8-7-11-21(23)27(35)34(26)25-13-9-6-10-19(25)5-2/h6-15,17-18H,4-5,16H2,1-3H3,(H,32,36). The highest BCUT2D eigenvalue weighted by Crippen LogP contribution is 2.26. The van der Waals surface area contributed by atoms with Crippen molar-refractivity contribution >= 4 is 22.6 Å². The molecular weight excluding hydrogens is 462 g/mol. The number of hydrogen-bond donors (Lipinski definition) is 1. The van der Waals surface area contributed by atoms with Crippen LogP contribution in [0.15, 0.2) is 71.5 Å². The molecule has 0 aliphatic carbocycles. The fraction of sp³-hybridized carbons (Fsp3) is 0.250. The molecule has 0 fully saturated rings. The number of rotatable bonds is 7. The molecule has 0 spiro atoms. The molecule has 1 N–H and O–H groups in total. The van der Waals surface area contributed by atoms with Crippen LogP contribution in [-0.4, -0.2) is 27.0 Å². The summed E-state index contributed by atoms with van der Waals surface area (Å²) in [7, 11) is 0. The molecule has 4 aromatic rings. The minimum atomic E-state index is -0.870. The van der Waals surface area contributed by atoms with Crippen LogP contribution in [0.3, 0.4) is 0 Å². The van der Waals surface area contributed by atoms with Gasteiger partial charge in [-0.25, -0.2) is 18.6 Å². The number of urea groups is 1. The molecule has 0 bridgehead atoms. The number of nitrogens with zero attached hydrogens (tertiary/aromatic N) is 3. The second kappa shape index (κ2) is 10.7. The topological polar surface area (TPSA) is 67.2 Å². The molecule has 0 aliphatic heterocycles. The Morgan fingerprint density at radius 1 is 1.06 bits per heavy atom. The lowest BCUT2D eigenvalue weighted by molar-refractivity contribution is 0.189. The number of para-hydroxylation sites is 2. The van der Waals surface area contributed by atoms with Crippen molar-refractivity contribution in [3.63, 3.8) is 0 Å². The van der Waals surface area contributed by atoms with Crippen molar-refractivity contribution in [2.45, 2.75) is 39.7 Å². The first kappa shape index (κ1) is 25.0. The third kappa shape index (κ3) is 4.84. The maximum atomic E-state index is 14.2. The van der Waals surface area contributed by atoms with Gasteiger partial charge in [0.15, 0.2) is 0 Å². The fourth-order valence-corrected chi connectivity index (χ4v) is 4.32. The molecule has 0 radical (unpaired) electrons. The Hall–Kier alpha value is -4.07. The van der Waals surface area contributed by atoms with Gasteiger partial charge in [0.25, 0.3) is 5.56 Å². The maximum absolute atomic E-state index is 14.2. The van der Waals surface area contributed by atoms with Gasteiger partial charge in [0, 0.05) is 12.6 Å². The van der Waals surface area contributed by atoms with E-state index in [2.05, 4.69) is 5.32 Å². The monoisotopic (exact) mass is 490 g/mol. The normalized spacial score (nSPS) is 11.9. The Bertz CT molecular complexity index is 1470. The van der Waals surface area contributed by atoms with E-state index in [0.29, 0.717) is 47.9 Å². The Kier molecular flexibility index (Phi) is 7.43. The Morgan fingerprint density at radius 3 is 2.50 bits per heavy atom. The average molecular weight is 491 g/mol. The zero-order chi connectivity index (χ0) is 25.8. The van der Waals surface area contributed by atoms with Gasteiger partial charge in [-0.2, -0.15) is 0 Å². The summed E-state index contributed by atoms with van der Waals surface area (Å²) in [5, 5.41) is 3.01. The number of aromatic nitrogens is 2. The number of carbonyl (C=O) groups excluding carboxylic acids is 1. The number of amides is 2. The molecule has 1 unspecified atom stereocenters. The number of hydrogen-bond acceptors (Lipinski definition) is 3. The number of nitrogens with one attached hydrogen (secondary N) is 1. The predicted octanol–water partition coefficient (Wildman–Crippen LogP) is 6.23. The third-order valence-electron chi connectivity index (χ3n) is 6.15. The second-order valence-corrected chi connectivity index (χ2v) is 8.53. The van der Waals surface area contributed by atoms with E-state index < -0.39 is 23.7 Å². The van der Waals surface area contributed by atoms with E-state index in [-0.39, 0.29) is 11.2 Å². The summed E-state index contributed by atoms with van der Waals surface area (Å²) in [4.78, 5) is 33.4. The molecule has 3 aromatic carbocycles. The SMILES string of the molecule is CCCN(C(=O)Nc1ccc(F)cc1F)C(C)c1nc2ccccc2c(=O)n1-c1ccccc1CC. The fourth-order valence-electron chi connectivity index (χ4n) is 4.32. The maximum Gasteiger partial charge on any atom is 0.322 e. The van der Waals surface area contributed by atoms with Gasteiger partial charge < -0.3 is 10.2 Å². The van der Waals surface area contributed by atoms with Crippen LogP contribution >= 0.6 is 0 Å². The largest absolute Gasteiger partial charge is 0.322 e. The number of aryl methyl sites for hydroxylation is 1. The first-order valence-corrected chi connectivity index (χ1v) is 12.0. The molecule has 0 aliphatic rings. The van der Waals surface area contributed by atoms with E-state index in [4.69, 9.17) is 4.98 Å². The molecule has 2 amide bonds. The number of benzene rings is 3. The summed E-state index contributed by atoms with van der Waals surface area (Å²) in [5.41, 5.74) is 1.83. The number of fused-ring (bicyclic) bond motifs is 1. The summed E-state index contributed by atoms with van der Waals surface area (Å²) < 4.78 is 29.2. The van der Waals surface area contributed by atoms with Crippen molar-refractivity contribution < 1.29 is 13.6 Å². The molecule has 1 heterocycles. The van der Waals surface area contributed by atoms with Gasteiger partial charge in [-0.05, 0) is 55.7 Å². The van der Waals surface area contributed by atoms with Crippen LogP contribution in [0, 0.1) is 11.6 Å². The zero-order valence-corrected chi connectivity index (χ0v) is 20.5. The highest BCUT2D eigenvalue weighted by Gasteiger charge is 2.27. The zero-order valence-electron chi connectivity index (χ0n) is 20.5. The first-order valence-electron chi connectivity index (χ1n) is 12.0. The van der Waals surface area contributed by atoms with Crippen molar-refractivity contribution in [2.75, 3.05) is 11.9 Å². The summed E-state index contributed by atoms with van der Waals surface area (Å²) in [6.45, 7) is 6.04. The van der Waals surface area contributed by atoms with Crippen LogP contribution in [0.25, 0.3) is 16.6 Å². The van der Waals surface area contributed by atoms with Crippen LogP contribution < -0.4 is 10.9 Å². The van der Waals surface area contributed by atoms with Gasteiger partial charge in [-0.1, -0.05) is 44.2 Å². The van der Waals surface area contributed by atoms with Gasteiger partial charge in [-0.15, -0.1) is 0 Å². The minimum Gasteiger partial charge on any atom is -0.315 e. The third-order valence-corrected chi connectivity index (χ3v) is 6.15. The second-order valence-electron chi connectivity index (χ2n) is 8.53. The van der Waals surface area contributed by atoms with E-state index in [1.54, 1.807) is 35.8 Å². The van der Waals surface area contributed by atoms with Crippen molar-refractivity contribution in [1.29, 1.82) is 0 Å². The Morgan fingerprint density at radius 2 is 1.78 bits per heavy atom. The van der Waals surface area contributed by atoms with Crippen molar-refractivity contribution in [3.05, 3.63) is 100 Å². The highest BCUT2D eigenvalue weighted by molar-refractivity contribution is 5.89. The molecule has 36 heavy (non-hydrogen) atoms. The number of carbonyl (C=O) groups is 1. The quantitative estimate of drug-likeness (QED) is 0.334. The van der Waals surface area contributed by atoms with E-state index >= 15 is 0 Å². The van der Waals surface area contributed by atoms with Gasteiger partial charge in [0.1, 0.15) is 17.5 Å². The molecule has 1 atom stereocenters. The summed E-state index contributed by atoms with van der Waals surface area (Å²) in [5.74, 6) is -1.21. The van der Waals surface area contributed by atoms with Crippen LogP contribution in [0.2, 0.25) is 0 Å². The molecule has 186 valence electrons. The predicted molar refractivity (Wildman–Crippen MR) is 138 cm³/mol. The number of anilines is 1. The smallest absolute Gasteiger partial charge is 0.315 e. The lowest BCUT2D eigenvalue weighted by atomic mass is 10.1. The minimum absolute atomic E-state index is 0.130. The van der Waals surface area contributed by atoms with Gasteiger partial charge in [0.2, 0.25) is 0 Å². The Balaban J connectivity index is 1.85. The first-order chi connectivity index (χ1) is 17.3. The van der Waals surface area contributed by atoms with Crippen LogP contribution in [0.4, 0.5) is 19.3 Å². The van der Waals surface area contributed by atoms with Crippen molar-refractivity contribution in [3.8, 4) is 5.69 Å². The van der Waals surface area contributed by atoms with E-state index in [0.717, 1.165) is 11.6 Å². The Labute approximate surface area is 208 Å². The molecular formula is C28H28F2N4O2.